The molecule has 0 saturated carbocycles. The van der Waals surface area contributed by atoms with Crippen LogP contribution >= 0.6 is 11.8 Å². The fourth-order valence-corrected chi connectivity index (χ4v) is 4.07. The normalized spacial score (nSPS) is 10.7. The largest absolute Gasteiger partial charge is 0.496 e. The minimum absolute atomic E-state index is 0.0828. The zero-order valence-corrected chi connectivity index (χ0v) is 18.8. The van der Waals surface area contributed by atoms with E-state index in [1.807, 2.05) is 71.3 Å². The van der Waals surface area contributed by atoms with Gasteiger partial charge < -0.3 is 10.1 Å². The third-order valence-corrected chi connectivity index (χ3v) is 5.89. The molecule has 0 radical (unpaired) electrons. The number of aryl methyl sites for hydroxylation is 1. The van der Waals surface area contributed by atoms with Gasteiger partial charge in [0.2, 0.25) is 5.91 Å². The van der Waals surface area contributed by atoms with Gasteiger partial charge in [0.15, 0.2) is 11.0 Å². The van der Waals surface area contributed by atoms with E-state index in [1.165, 1.54) is 17.3 Å². The molecule has 32 heavy (non-hydrogen) atoms. The zero-order valence-electron chi connectivity index (χ0n) is 18.0. The number of carbonyl (C=O) groups excluding carboxylic acids is 1. The quantitative estimate of drug-likeness (QED) is 0.400. The van der Waals surface area contributed by atoms with Crippen LogP contribution in [0.2, 0.25) is 0 Å². The fraction of sp³-hybridized carbons (Fsp3) is 0.160. The number of carbonyl (C=O) groups is 1. The highest BCUT2D eigenvalue weighted by molar-refractivity contribution is 7.99. The lowest BCUT2D eigenvalue weighted by Crippen LogP contribution is -2.25. The van der Waals surface area contributed by atoms with Crippen molar-refractivity contribution < 1.29 is 9.53 Å². The van der Waals surface area contributed by atoms with Crippen molar-refractivity contribution in [2.45, 2.75) is 18.6 Å². The number of hydrogen-bond donors (Lipinski definition) is 1. The standard InChI is InChI=1S/C25H24N4O2S/c1-18-12-14-21(15-13-18)29-24(19-8-4-3-5-9-19)27-28-25(29)32-17-23(30)26-16-20-10-6-7-11-22(20)31-2/h3-15H,16-17H2,1-2H3,(H,26,30). The summed E-state index contributed by atoms with van der Waals surface area (Å²) in [6, 6.07) is 25.8. The Morgan fingerprint density at radius 1 is 0.969 bits per heavy atom. The van der Waals surface area contributed by atoms with Crippen LogP contribution in [-0.4, -0.2) is 33.5 Å². The molecule has 0 aliphatic carbocycles. The van der Waals surface area contributed by atoms with Crippen LogP contribution in [0.15, 0.2) is 84.0 Å². The maximum atomic E-state index is 12.5. The van der Waals surface area contributed by atoms with E-state index in [0.717, 1.165) is 28.4 Å². The molecule has 0 saturated heterocycles. The summed E-state index contributed by atoms with van der Waals surface area (Å²) in [6.45, 7) is 2.46. The second-order valence-electron chi connectivity index (χ2n) is 7.22. The lowest BCUT2D eigenvalue weighted by Gasteiger charge is -2.11. The van der Waals surface area contributed by atoms with Gasteiger partial charge in [-0.25, -0.2) is 0 Å². The van der Waals surface area contributed by atoms with Crippen LogP contribution in [0.5, 0.6) is 5.75 Å². The van der Waals surface area contributed by atoms with Crippen LogP contribution < -0.4 is 10.1 Å². The fourth-order valence-electron chi connectivity index (χ4n) is 3.29. The summed E-state index contributed by atoms with van der Waals surface area (Å²) in [7, 11) is 1.62. The second kappa shape index (κ2) is 10.2. The number of methoxy groups -OCH3 is 1. The number of nitrogens with zero attached hydrogens (tertiary/aromatic N) is 3. The van der Waals surface area contributed by atoms with Crippen LogP contribution in [0.3, 0.4) is 0 Å². The molecule has 0 unspecified atom stereocenters. The molecule has 1 amide bonds. The lowest BCUT2D eigenvalue weighted by atomic mass is 10.2. The smallest absolute Gasteiger partial charge is 0.230 e. The summed E-state index contributed by atoms with van der Waals surface area (Å²) in [4.78, 5) is 12.5. The van der Waals surface area contributed by atoms with Crippen LogP contribution in [0.4, 0.5) is 0 Å². The molecule has 3 aromatic carbocycles. The van der Waals surface area contributed by atoms with Crippen molar-refractivity contribution in [1.29, 1.82) is 0 Å². The molecule has 0 fully saturated rings. The third-order valence-electron chi connectivity index (χ3n) is 4.96. The molecule has 162 valence electrons. The van der Waals surface area contributed by atoms with Crippen molar-refractivity contribution in [1.82, 2.24) is 20.1 Å². The van der Waals surface area contributed by atoms with Gasteiger partial charge in [-0.1, -0.05) is 78.0 Å². The first-order valence-electron chi connectivity index (χ1n) is 10.2. The molecule has 7 heteroatoms. The van der Waals surface area contributed by atoms with Crippen molar-refractivity contribution in [2.24, 2.45) is 0 Å². The van der Waals surface area contributed by atoms with Gasteiger partial charge in [-0.15, -0.1) is 10.2 Å². The van der Waals surface area contributed by atoms with Crippen molar-refractivity contribution in [2.75, 3.05) is 12.9 Å². The Morgan fingerprint density at radius 2 is 1.69 bits per heavy atom. The van der Waals surface area contributed by atoms with Gasteiger partial charge in [0.25, 0.3) is 0 Å². The number of amides is 1. The molecule has 0 aliphatic rings. The molecule has 1 aromatic heterocycles. The highest BCUT2D eigenvalue weighted by Crippen LogP contribution is 2.28. The van der Waals surface area contributed by atoms with Gasteiger partial charge in [0.05, 0.1) is 12.9 Å². The molecule has 1 N–H and O–H groups in total. The summed E-state index contributed by atoms with van der Waals surface area (Å²) >= 11 is 1.36. The summed E-state index contributed by atoms with van der Waals surface area (Å²) in [5.74, 6) is 1.65. The molecule has 4 aromatic rings. The van der Waals surface area contributed by atoms with Gasteiger partial charge in [-0.05, 0) is 25.1 Å². The first kappa shape index (κ1) is 21.6. The summed E-state index contributed by atoms with van der Waals surface area (Å²) < 4.78 is 7.34. The van der Waals surface area contributed by atoms with Crippen molar-refractivity contribution in [3.63, 3.8) is 0 Å². The Labute approximate surface area is 191 Å². The number of para-hydroxylation sites is 1. The van der Waals surface area contributed by atoms with E-state index in [2.05, 4.69) is 34.6 Å². The summed E-state index contributed by atoms with van der Waals surface area (Å²) in [5.41, 5.74) is 4.03. The highest BCUT2D eigenvalue weighted by Gasteiger charge is 2.17. The molecule has 0 atom stereocenters. The zero-order chi connectivity index (χ0) is 22.3. The van der Waals surface area contributed by atoms with E-state index in [1.54, 1.807) is 7.11 Å². The molecule has 1 heterocycles. The molecule has 6 nitrogen and oxygen atoms in total. The van der Waals surface area contributed by atoms with E-state index in [-0.39, 0.29) is 11.7 Å². The van der Waals surface area contributed by atoms with Crippen LogP contribution in [0, 0.1) is 6.92 Å². The maximum Gasteiger partial charge on any atom is 0.230 e. The summed E-state index contributed by atoms with van der Waals surface area (Å²) in [5, 5.41) is 12.4. The predicted molar refractivity (Wildman–Crippen MR) is 127 cm³/mol. The molecular formula is C25H24N4O2S. The van der Waals surface area contributed by atoms with E-state index in [9.17, 15) is 4.79 Å². The van der Waals surface area contributed by atoms with Gasteiger partial charge in [0.1, 0.15) is 5.75 Å². The molecule has 0 aliphatic heterocycles. The van der Waals surface area contributed by atoms with Crippen molar-refractivity contribution in [3.8, 4) is 22.8 Å². The number of ether oxygens (including phenoxy) is 1. The topological polar surface area (TPSA) is 69.0 Å². The first-order valence-corrected chi connectivity index (χ1v) is 11.2. The van der Waals surface area contributed by atoms with E-state index in [0.29, 0.717) is 11.7 Å². The van der Waals surface area contributed by atoms with Crippen molar-refractivity contribution >= 4 is 17.7 Å². The average Bonchev–Trinajstić information content (AvgIpc) is 3.26. The van der Waals surface area contributed by atoms with Crippen molar-refractivity contribution in [3.05, 3.63) is 90.0 Å². The number of aromatic nitrogens is 3. The predicted octanol–water partition coefficient (Wildman–Crippen LogP) is 4.66. The van der Waals surface area contributed by atoms with Crippen LogP contribution in [-0.2, 0) is 11.3 Å². The number of hydrogen-bond acceptors (Lipinski definition) is 5. The Hall–Kier alpha value is -3.58. The minimum atomic E-state index is -0.0828. The van der Waals surface area contributed by atoms with E-state index in [4.69, 9.17) is 4.74 Å². The summed E-state index contributed by atoms with van der Waals surface area (Å²) in [6.07, 6.45) is 0. The third kappa shape index (κ3) is 5.00. The Bertz CT molecular complexity index is 1190. The Kier molecular flexibility index (Phi) is 6.87. The van der Waals surface area contributed by atoms with Crippen LogP contribution in [0.25, 0.3) is 17.1 Å². The number of nitrogens with one attached hydrogen (secondary N) is 1. The molecule has 4 rings (SSSR count). The number of thioether (sulfide) groups is 1. The minimum Gasteiger partial charge on any atom is -0.496 e. The number of benzene rings is 3. The van der Waals surface area contributed by atoms with E-state index >= 15 is 0 Å². The molecule has 0 bridgehead atoms. The first-order chi connectivity index (χ1) is 15.7. The lowest BCUT2D eigenvalue weighted by molar-refractivity contribution is -0.118. The SMILES string of the molecule is COc1ccccc1CNC(=O)CSc1nnc(-c2ccccc2)n1-c1ccc(C)cc1. The van der Waals surface area contributed by atoms with Crippen LogP contribution in [0.1, 0.15) is 11.1 Å². The Morgan fingerprint density at radius 3 is 2.44 bits per heavy atom. The van der Waals surface area contributed by atoms with Gasteiger partial charge in [-0.2, -0.15) is 0 Å². The average molecular weight is 445 g/mol. The molecular weight excluding hydrogens is 420 g/mol. The van der Waals surface area contributed by atoms with E-state index < -0.39 is 0 Å². The highest BCUT2D eigenvalue weighted by atomic mass is 32.2. The maximum absolute atomic E-state index is 12.5. The number of rotatable bonds is 8. The van der Waals surface area contributed by atoms with Gasteiger partial charge in [-0.3, -0.25) is 9.36 Å². The van der Waals surface area contributed by atoms with Gasteiger partial charge in [0, 0.05) is 23.4 Å². The Balaban J connectivity index is 1.51. The second-order valence-corrected chi connectivity index (χ2v) is 8.16. The monoisotopic (exact) mass is 444 g/mol. The van der Waals surface area contributed by atoms with Gasteiger partial charge >= 0.3 is 0 Å². The molecule has 0 spiro atoms.